The summed E-state index contributed by atoms with van der Waals surface area (Å²) < 4.78 is 6.53. The molecular formula is C19H18N6OS. The van der Waals surface area contributed by atoms with E-state index in [2.05, 4.69) is 9.88 Å². The molecule has 5 rings (SSSR count). The first-order valence-electron chi connectivity index (χ1n) is 8.81. The van der Waals surface area contributed by atoms with E-state index < -0.39 is 0 Å². The van der Waals surface area contributed by atoms with Gasteiger partial charge in [0.25, 0.3) is 0 Å². The van der Waals surface area contributed by atoms with Crippen molar-refractivity contribution in [3.05, 3.63) is 36.2 Å². The van der Waals surface area contributed by atoms with Crippen LogP contribution in [0.1, 0.15) is 5.69 Å². The molecule has 0 aliphatic carbocycles. The largest absolute Gasteiger partial charge is 0.399 e. The number of aromatic nitrogens is 4. The zero-order valence-electron chi connectivity index (χ0n) is 14.8. The first kappa shape index (κ1) is 16.3. The van der Waals surface area contributed by atoms with Crippen molar-refractivity contribution in [3.63, 3.8) is 0 Å². The highest BCUT2D eigenvalue weighted by Crippen LogP contribution is 2.37. The van der Waals surface area contributed by atoms with Crippen LogP contribution in [0, 0.1) is 6.92 Å². The number of hydrogen-bond acceptors (Lipinski definition) is 8. The van der Waals surface area contributed by atoms with Gasteiger partial charge in [0.15, 0.2) is 11.6 Å². The van der Waals surface area contributed by atoms with E-state index in [1.165, 1.54) is 0 Å². The lowest BCUT2D eigenvalue weighted by molar-refractivity contribution is 0.122. The van der Waals surface area contributed by atoms with Gasteiger partial charge in [0, 0.05) is 30.5 Å². The first-order valence-corrected chi connectivity index (χ1v) is 9.63. The lowest BCUT2D eigenvalue weighted by Gasteiger charge is -2.28. The fourth-order valence-electron chi connectivity index (χ4n) is 3.28. The fourth-order valence-corrected chi connectivity index (χ4v) is 4.32. The number of morpholine rings is 1. The molecule has 1 fully saturated rings. The number of nitrogen functional groups attached to an aromatic ring is 1. The van der Waals surface area contributed by atoms with Gasteiger partial charge in [0.05, 0.1) is 23.6 Å². The molecule has 0 spiro atoms. The number of fused-ring (bicyclic) bond motifs is 3. The Kier molecular flexibility index (Phi) is 3.87. The van der Waals surface area contributed by atoms with Crippen molar-refractivity contribution in [3.8, 4) is 11.4 Å². The topological polar surface area (TPSA) is 90.0 Å². The molecule has 0 saturated carbocycles. The van der Waals surface area contributed by atoms with Crippen molar-refractivity contribution in [2.24, 2.45) is 0 Å². The second kappa shape index (κ2) is 6.40. The monoisotopic (exact) mass is 378 g/mol. The van der Waals surface area contributed by atoms with Crippen LogP contribution in [-0.4, -0.2) is 46.2 Å². The van der Waals surface area contributed by atoms with Crippen LogP contribution in [0.3, 0.4) is 0 Å². The van der Waals surface area contributed by atoms with Crippen LogP contribution in [-0.2, 0) is 4.74 Å². The molecule has 0 unspecified atom stereocenters. The number of nitrogens with two attached hydrogens (primary N) is 1. The number of anilines is 2. The van der Waals surface area contributed by atoms with Crippen LogP contribution in [0.15, 0.2) is 30.5 Å². The Bertz CT molecular complexity index is 1150. The molecule has 0 radical (unpaired) electrons. The van der Waals surface area contributed by atoms with Crippen molar-refractivity contribution in [2.45, 2.75) is 6.92 Å². The van der Waals surface area contributed by atoms with Crippen LogP contribution in [0.4, 0.5) is 11.5 Å². The summed E-state index contributed by atoms with van der Waals surface area (Å²) in [6, 6.07) is 7.66. The molecule has 1 aliphatic rings. The zero-order chi connectivity index (χ0) is 18.4. The van der Waals surface area contributed by atoms with Crippen molar-refractivity contribution >= 4 is 43.4 Å². The Labute approximate surface area is 159 Å². The highest BCUT2D eigenvalue weighted by Gasteiger charge is 2.22. The summed E-state index contributed by atoms with van der Waals surface area (Å²) in [5.74, 6) is 1.57. The van der Waals surface area contributed by atoms with Gasteiger partial charge in [-0.3, -0.25) is 0 Å². The molecule has 8 heteroatoms. The Morgan fingerprint density at radius 2 is 1.96 bits per heavy atom. The van der Waals surface area contributed by atoms with Crippen LogP contribution < -0.4 is 10.6 Å². The fraction of sp³-hybridized carbons (Fsp3) is 0.263. The quantitative estimate of drug-likeness (QED) is 0.536. The Hall–Kier alpha value is -2.84. The Morgan fingerprint density at radius 3 is 2.78 bits per heavy atom. The first-order chi connectivity index (χ1) is 13.2. The molecule has 1 aliphatic heterocycles. The summed E-state index contributed by atoms with van der Waals surface area (Å²) in [5.41, 5.74) is 10.1. The maximum Gasteiger partial charge on any atom is 0.162 e. The lowest BCUT2D eigenvalue weighted by Crippen LogP contribution is -2.36. The minimum atomic E-state index is 0.652. The molecule has 0 bridgehead atoms. The number of aryl methyl sites for hydroxylation is 1. The summed E-state index contributed by atoms with van der Waals surface area (Å²) in [5, 5.41) is 0. The van der Waals surface area contributed by atoms with Gasteiger partial charge in [0.1, 0.15) is 15.9 Å². The SMILES string of the molecule is Cc1cnc2sc3c(N4CCOCC4)nc(-c4cccc(N)c4)nc3c2n1. The van der Waals surface area contributed by atoms with Crippen molar-refractivity contribution in [1.82, 2.24) is 19.9 Å². The van der Waals surface area contributed by atoms with Gasteiger partial charge >= 0.3 is 0 Å². The van der Waals surface area contributed by atoms with Crippen molar-refractivity contribution in [1.29, 1.82) is 0 Å². The molecule has 136 valence electrons. The summed E-state index contributed by atoms with van der Waals surface area (Å²) in [6.45, 7) is 4.94. The van der Waals surface area contributed by atoms with Gasteiger partial charge in [-0.05, 0) is 19.1 Å². The van der Waals surface area contributed by atoms with E-state index in [1.807, 2.05) is 31.2 Å². The molecular weight excluding hydrogens is 360 g/mol. The average molecular weight is 378 g/mol. The molecule has 2 N–H and O–H groups in total. The third-order valence-electron chi connectivity index (χ3n) is 4.59. The van der Waals surface area contributed by atoms with Gasteiger partial charge in [-0.25, -0.2) is 19.9 Å². The number of ether oxygens (including phenoxy) is 1. The van der Waals surface area contributed by atoms with Gasteiger partial charge in [-0.15, -0.1) is 11.3 Å². The summed E-state index contributed by atoms with van der Waals surface area (Å²) in [4.78, 5) is 22.1. The molecule has 7 nitrogen and oxygen atoms in total. The zero-order valence-corrected chi connectivity index (χ0v) is 15.7. The highest BCUT2D eigenvalue weighted by atomic mass is 32.1. The molecule has 27 heavy (non-hydrogen) atoms. The average Bonchev–Trinajstić information content (AvgIpc) is 3.06. The lowest BCUT2D eigenvalue weighted by atomic mass is 10.2. The second-order valence-corrected chi connectivity index (χ2v) is 7.54. The third kappa shape index (κ3) is 2.87. The Morgan fingerprint density at radius 1 is 1.11 bits per heavy atom. The van der Waals surface area contributed by atoms with E-state index in [4.69, 9.17) is 25.4 Å². The van der Waals surface area contributed by atoms with E-state index in [0.717, 1.165) is 50.7 Å². The number of rotatable bonds is 2. The van der Waals surface area contributed by atoms with Crippen LogP contribution in [0.2, 0.25) is 0 Å². The van der Waals surface area contributed by atoms with E-state index >= 15 is 0 Å². The van der Waals surface area contributed by atoms with Crippen molar-refractivity contribution < 1.29 is 4.74 Å². The maximum absolute atomic E-state index is 5.98. The van der Waals surface area contributed by atoms with Crippen LogP contribution in [0.5, 0.6) is 0 Å². The predicted molar refractivity (Wildman–Crippen MR) is 108 cm³/mol. The number of thiophene rings is 1. The van der Waals surface area contributed by atoms with Gasteiger partial charge < -0.3 is 15.4 Å². The highest BCUT2D eigenvalue weighted by molar-refractivity contribution is 7.25. The summed E-state index contributed by atoms with van der Waals surface area (Å²) >= 11 is 1.59. The predicted octanol–water partition coefficient (Wildman–Crippen LogP) is 3.03. The smallest absolute Gasteiger partial charge is 0.162 e. The number of nitrogens with zero attached hydrogens (tertiary/aromatic N) is 5. The third-order valence-corrected chi connectivity index (χ3v) is 5.66. The maximum atomic E-state index is 5.98. The summed E-state index contributed by atoms with van der Waals surface area (Å²) in [6.07, 6.45) is 1.79. The van der Waals surface area contributed by atoms with Gasteiger partial charge in [0.2, 0.25) is 0 Å². The minimum Gasteiger partial charge on any atom is -0.399 e. The minimum absolute atomic E-state index is 0.652. The second-order valence-electron chi connectivity index (χ2n) is 6.54. The number of hydrogen-bond donors (Lipinski definition) is 1. The molecule has 1 saturated heterocycles. The molecule has 3 aromatic heterocycles. The van der Waals surface area contributed by atoms with Gasteiger partial charge in [-0.1, -0.05) is 12.1 Å². The van der Waals surface area contributed by atoms with Crippen LogP contribution >= 0.6 is 11.3 Å². The van der Waals surface area contributed by atoms with Crippen molar-refractivity contribution in [2.75, 3.05) is 36.9 Å². The molecule has 4 heterocycles. The molecule has 4 aromatic rings. The summed E-state index contributed by atoms with van der Waals surface area (Å²) in [7, 11) is 0. The van der Waals surface area contributed by atoms with E-state index in [1.54, 1.807) is 17.5 Å². The standard InChI is InChI=1S/C19H18N6OS/c1-11-10-21-19-15(22-11)14-16(27-19)18(25-5-7-26-8-6-25)24-17(23-14)12-3-2-4-13(20)9-12/h2-4,9-10H,5-8,20H2,1H3. The Balaban J connectivity index is 1.80. The van der Waals surface area contributed by atoms with Gasteiger partial charge in [-0.2, -0.15) is 0 Å². The normalized spacial score (nSPS) is 14.9. The van der Waals surface area contributed by atoms with E-state index in [-0.39, 0.29) is 0 Å². The molecule has 1 aromatic carbocycles. The van der Waals surface area contributed by atoms with E-state index in [9.17, 15) is 0 Å². The molecule has 0 atom stereocenters. The number of benzene rings is 1. The molecule has 0 amide bonds. The van der Waals surface area contributed by atoms with Crippen LogP contribution in [0.25, 0.3) is 32.0 Å². The van der Waals surface area contributed by atoms with E-state index in [0.29, 0.717) is 24.7 Å².